The number of nitrogens with one attached hydrogen (secondary N) is 3. The largest absolute Gasteiger partial charge is 0.494 e. The van der Waals surface area contributed by atoms with Gasteiger partial charge in [-0.2, -0.15) is 10.2 Å². The monoisotopic (exact) mass is 357 g/mol. The van der Waals surface area contributed by atoms with Crippen molar-refractivity contribution in [1.29, 1.82) is 0 Å². The molecule has 0 aliphatic heterocycles. The Bertz CT molecular complexity index is 1240. The van der Waals surface area contributed by atoms with Crippen LogP contribution in [-0.2, 0) is 0 Å². The van der Waals surface area contributed by atoms with Gasteiger partial charge in [-0.3, -0.25) is 10.2 Å². The van der Waals surface area contributed by atoms with Gasteiger partial charge in [-0.05, 0) is 6.07 Å². The lowest BCUT2D eigenvalue weighted by atomic mass is 10.1. The number of aromatic amines is 2. The molecule has 0 radical (unpaired) electrons. The second-order valence-corrected chi connectivity index (χ2v) is 6.02. The van der Waals surface area contributed by atoms with E-state index in [4.69, 9.17) is 4.74 Å². The summed E-state index contributed by atoms with van der Waals surface area (Å²) in [6.07, 6.45) is 3.26. The Labute approximate surface area is 153 Å². The van der Waals surface area contributed by atoms with Crippen molar-refractivity contribution in [3.05, 3.63) is 55.0 Å². The Morgan fingerprint density at radius 1 is 1.04 bits per heavy atom. The molecule has 0 aliphatic rings. The first-order valence-corrected chi connectivity index (χ1v) is 8.36. The summed E-state index contributed by atoms with van der Waals surface area (Å²) in [5.41, 5.74) is 4.15. The number of anilines is 2. The van der Waals surface area contributed by atoms with Crippen LogP contribution in [0.2, 0.25) is 0 Å². The van der Waals surface area contributed by atoms with Crippen LogP contribution in [0.3, 0.4) is 0 Å². The van der Waals surface area contributed by atoms with Crippen molar-refractivity contribution < 1.29 is 4.74 Å². The van der Waals surface area contributed by atoms with Crippen LogP contribution in [-0.4, -0.2) is 37.5 Å². The van der Waals surface area contributed by atoms with Crippen molar-refractivity contribution in [3.63, 3.8) is 0 Å². The van der Waals surface area contributed by atoms with Crippen molar-refractivity contribution >= 4 is 33.4 Å². The smallest absolute Gasteiger partial charge is 0.186 e. The summed E-state index contributed by atoms with van der Waals surface area (Å²) in [7, 11) is 1.63. The number of nitrogens with zero attached hydrogens (tertiary/aromatic N) is 4. The number of fused-ring (bicyclic) bond motifs is 2. The maximum Gasteiger partial charge on any atom is 0.186 e. The minimum atomic E-state index is 0.592. The zero-order chi connectivity index (χ0) is 18.2. The Hall–Kier alpha value is -3.94. The standard InChI is InChI=1S/C19H15N7O/c1-27-15-8-13-12(9-22-24-13)7-14(15)23-18-16-17(11-5-3-2-4-6-11)25-26-19(16)21-10-20-18/h2-10H,1H3,(H,22,24)(H2,20,21,23,25,26). The average molecular weight is 357 g/mol. The van der Waals surface area contributed by atoms with E-state index in [0.717, 1.165) is 33.2 Å². The Balaban J connectivity index is 1.67. The molecule has 2 aromatic carbocycles. The molecule has 0 amide bonds. The fraction of sp³-hybridized carbons (Fsp3) is 0.0526. The molecular formula is C19H15N7O. The van der Waals surface area contributed by atoms with Crippen molar-refractivity contribution in [1.82, 2.24) is 30.4 Å². The summed E-state index contributed by atoms with van der Waals surface area (Å²) in [6, 6.07) is 13.8. The van der Waals surface area contributed by atoms with E-state index in [1.165, 1.54) is 6.33 Å². The van der Waals surface area contributed by atoms with Crippen LogP contribution in [0.1, 0.15) is 0 Å². The first-order chi connectivity index (χ1) is 13.3. The highest BCUT2D eigenvalue weighted by atomic mass is 16.5. The van der Waals surface area contributed by atoms with E-state index in [0.29, 0.717) is 17.2 Å². The predicted molar refractivity (Wildman–Crippen MR) is 103 cm³/mol. The molecule has 0 saturated heterocycles. The summed E-state index contributed by atoms with van der Waals surface area (Å²) in [5.74, 6) is 1.33. The number of H-pyrrole nitrogens is 2. The van der Waals surface area contributed by atoms with E-state index in [-0.39, 0.29) is 0 Å². The molecule has 0 atom stereocenters. The minimum absolute atomic E-state index is 0.592. The molecule has 0 aliphatic carbocycles. The van der Waals surface area contributed by atoms with Gasteiger partial charge in [0.05, 0.1) is 35.6 Å². The van der Waals surface area contributed by atoms with Crippen LogP contribution in [0.5, 0.6) is 5.75 Å². The van der Waals surface area contributed by atoms with Crippen LogP contribution in [0.25, 0.3) is 33.2 Å². The minimum Gasteiger partial charge on any atom is -0.494 e. The average Bonchev–Trinajstić information content (AvgIpc) is 3.35. The predicted octanol–water partition coefficient (Wildman–Crippen LogP) is 3.65. The highest BCUT2D eigenvalue weighted by Crippen LogP contribution is 2.35. The first kappa shape index (κ1) is 15.3. The zero-order valence-corrected chi connectivity index (χ0v) is 14.4. The molecule has 132 valence electrons. The number of methoxy groups -OCH3 is 1. The van der Waals surface area contributed by atoms with Gasteiger partial charge in [0.1, 0.15) is 17.9 Å². The topological polar surface area (TPSA) is 104 Å². The fourth-order valence-corrected chi connectivity index (χ4v) is 3.13. The molecule has 3 N–H and O–H groups in total. The van der Waals surface area contributed by atoms with E-state index in [2.05, 4.69) is 35.7 Å². The molecule has 8 nitrogen and oxygen atoms in total. The van der Waals surface area contributed by atoms with E-state index < -0.39 is 0 Å². The van der Waals surface area contributed by atoms with Crippen molar-refractivity contribution in [2.75, 3.05) is 12.4 Å². The van der Waals surface area contributed by atoms with Gasteiger partial charge in [-0.25, -0.2) is 9.97 Å². The van der Waals surface area contributed by atoms with Crippen LogP contribution in [0, 0.1) is 0 Å². The molecule has 3 heterocycles. The molecule has 27 heavy (non-hydrogen) atoms. The Morgan fingerprint density at radius 3 is 2.78 bits per heavy atom. The molecule has 5 rings (SSSR count). The summed E-state index contributed by atoms with van der Waals surface area (Å²) in [5, 5.41) is 19.6. The Morgan fingerprint density at radius 2 is 1.93 bits per heavy atom. The van der Waals surface area contributed by atoms with Gasteiger partial charge in [-0.15, -0.1) is 0 Å². The van der Waals surface area contributed by atoms with E-state index in [1.807, 2.05) is 42.5 Å². The molecule has 0 unspecified atom stereocenters. The fourth-order valence-electron chi connectivity index (χ4n) is 3.13. The van der Waals surface area contributed by atoms with Crippen molar-refractivity contribution in [3.8, 4) is 17.0 Å². The lowest BCUT2D eigenvalue weighted by Gasteiger charge is -2.12. The SMILES string of the molecule is COc1cc2[nH]ncc2cc1Nc1ncnc2n[nH]c(-c3ccccc3)c12. The number of aromatic nitrogens is 6. The number of hydrogen-bond donors (Lipinski definition) is 3. The summed E-state index contributed by atoms with van der Waals surface area (Å²) < 4.78 is 5.53. The number of rotatable bonds is 4. The van der Waals surface area contributed by atoms with Gasteiger partial charge < -0.3 is 10.1 Å². The molecule has 0 saturated carbocycles. The zero-order valence-electron chi connectivity index (χ0n) is 14.4. The van der Waals surface area contributed by atoms with Gasteiger partial charge in [0.15, 0.2) is 5.65 Å². The maximum atomic E-state index is 5.53. The number of benzene rings is 2. The molecular weight excluding hydrogens is 342 g/mol. The van der Waals surface area contributed by atoms with Crippen molar-refractivity contribution in [2.45, 2.75) is 0 Å². The summed E-state index contributed by atoms with van der Waals surface area (Å²) >= 11 is 0. The second-order valence-electron chi connectivity index (χ2n) is 6.02. The second kappa shape index (κ2) is 6.10. The van der Waals surface area contributed by atoms with E-state index in [1.54, 1.807) is 13.3 Å². The van der Waals surface area contributed by atoms with Crippen LogP contribution in [0.4, 0.5) is 11.5 Å². The third-order valence-electron chi connectivity index (χ3n) is 4.43. The first-order valence-electron chi connectivity index (χ1n) is 8.36. The van der Waals surface area contributed by atoms with Gasteiger partial charge in [0, 0.05) is 17.0 Å². The normalized spacial score (nSPS) is 11.1. The van der Waals surface area contributed by atoms with Crippen LogP contribution in [0.15, 0.2) is 55.0 Å². The highest BCUT2D eigenvalue weighted by Gasteiger charge is 2.16. The third kappa shape index (κ3) is 2.54. The lowest BCUT2D eigenvalue weighted by Crippen LogP contribution is -1.98. The Kier molecular flexibility index (Phi) is 3.46. The molecule has 0 bridgehead atoms. The molecule has 0 fully saturated rings. The van der Waals surface area contributed by atoms with E-state index in [9.17, 15) is 0 Å². The van der Waals surface area contributed by atoms with Gasteiger partial charge in [0.25, 0.3) is 0 Å². The van der Waals surface area contributed by atoms with Gasteiger partial charge in [-0.1, -0.05) is 30.3 Å². The van der Waals surface area contributed by atoms with Crippen LogP contribution >= 0.6 is 0 Å². The third-order valence-corrected chi connectivity index (χ3v) is 4.43. The van der Waals surface area contributed by atoms with Crippen LogP contribution < -0.4 is 10.1 Å². The maximum absolute atomic E-state index is 5.53. The summed E-state index contributed by atoms with van der Waals surface area (Å²) in [6.45, 7) is 0. The highest BCUT2D eigenvalue weighted by molar-refractivity contribution is 6.00. The molecule has 3 aromatic heterocycles. The summed E-state index contributed by atoms with van der Waals surface area (Å²) in [4.78, 5) is 8.72. The molecule has 5 aromatic rings. The lowest BCUT2D eigenvalue weighted by molar-refractivity contribution is 0.417. The molecule has 8 heteroatoms. The van der Waals surface area contributed by atoms with Gasteiger partial charge in [0.2, 0.25) is 0 Å². The van der Waals surface area contributed by atoms with E-state index >= 15 is 0 Å². The van der Waals surface area contributed by atoms with Gasteiger partial charge >= 0.3 is 0 Å². The number of hydrogen-bond acceptors (Lipinski definition) is 6. The van der Waals surface area contributed by atoms with Crippen molar-refractivity contribution in [2.24, 2.45) is 0 Å². The molecule has 0 spiro atoms. The quantitative estimate of drug-likeness (QED) is 0.453. The number of ether oxygens (including phenoxy) is 1.